The van der Waals surface area contributed by atoms with Crippen molar-refractivity contribution in [2.45, 2.75) is 13.0 Å². The molecule has 0 saturated heterocycles. The van der Waals surface area contributed by atoms with Crippen molar-refractivity contribution in [3.63, 3.8) is 0 Å². The highest BCUT2D eigenvalue weighted by Gasteiger charge is 2.22. The average molecular weight is 324 g/mol. The molecule has 3 rings (SSSR count). The number of carbonyl (C=O) groups is 1. The van der Waals surface area contributed by atoms with Gasteiger partial charge < -0.3 is 9.32 Å². The molecule has 1 amide bonds. The molecule has 0 bridgehead atoms. The summed E-state index contributed by atoms with van der Waals surface area (Å²) in [4.78, 5) is 24.3. The fourth-order valence-electron chi connectivity index (χ4n) is 2.50. The quantitative estimate of drug-likeness (QED) is 0.533. The SMILES string of the molecule is CC(c1cc2ccccc2o1)N(C)C(=O)c1ccc([N+](=O)[O-])cc1. The molecule has 1 atom stereocenters. The molecule has 3 aromatic rings. The van der Waals surface area contributed by atoms with Gasteiger partial charge in [0.05, 0.1) is 11.0 Å². The Kier molecular flexibility index (Phi) is 4.04. The van der Waals surface area contributed by atoms with Gasteiger partial charge in [-0.3, -0.25) is 14.9 Å². The van der Waals surface area contributed by atoms with Gasteiger partial charge in [0.2, 0.25) is 0 Å². The molecule has 6 heteroatoms. The van der Waals surface area contributed by atoms with Gasteiger partial charge in [-0.2, -0.15) is 0 Å². The van der Waals surface area contributed by atoms with Crippen molar-refractivity contribution in [3.8, 4) is 0 Å². The van der Waals surface area contributed by atoms with E-state index in [9.17, 15) is 14.9 Å². The van der Waals surface area contributed by atoms with Gasteiger partial charge >= 0.3 is 0 Å². The molecule has 0 aliphatic carbocycles. The zero-order chi connectivity index (χ0) is 17.3. The Morgan fingerprint density at radius 2 is 1.83 bits per heavy atom. The van der Waals surface area contributed by atoms with Crippen LogP contribution in [0.3, 0.4) is 0 Å². The molecular weight excluding hydrogens is 308 g/mol. The van der Waals surface area contributed by atoms with E-state index in [1.54, 1.807) is 11.9 Å². The number of nitrogens with zero attached hydrogens (tertiary/aromatic N) is 2. The van der Waals surface area contributed by atoms with E-state index < -0.39 is 4.92 Å². The van der Waals surface area contributed by atoms with Crippen LogP contribution in [0.1, 0.15) is 29.1 Å². The normalized spacial score (nSPS) is 12.1. The van der Waals surface area contributed by atoms with E-state index in [0.29, 0.717) is 11.3 Å². The minimum absolute atomic E-state index is 0.0421. The molecule has 0 saturated carbocycles. The third kappa shape index (κ3) is 2.86. The second kappa shape index (κ2) is 6.16. The van der Waals surface area contributed by atoms with E-state index in [0.717, 1.165) is 11.0 Å². The predicted octanol–water partition coefficient (Wildman–Crippen LogP) is 4.17. The molecule has 122 valence electrons. The highest BCUT2D eigenvalue weighted by atomic mass is 16.6. The maximum atomic E-state index is 12.6. The summed E-state index contributed by atoms with van der Waals surface area (Å²) in [5.41, 5.74) is 1.13. The smallest absolute Gasteiger partial charge is 0.269 e. The monoisotopic (exact) mass is 324 g/mol. The predicted molar refractivity (Wildman–Crippen MR) is 89.8 cm³/mol. The molecule has 0 N–H and O–H groups in total. The van der Waals surface area contributed by atoms with Crippen LogP contribution in [-0.2, 0) is 0 Å². The largest absolute Gasteiger partial charge is 0.459 e. The van der Waals surface area contributed by atoms with Crippen molar-refractivity contribution in [1.82, 2.24) is 4.90 Å². The second-order valence-corrected chi connectivity index (χ2v) is 5.58. The molecule has 0 fully saturated rings. The molecule has 0 spiro atoms. The first-order chi connectivity index (χ1) is 11.5. The molecular formula is C18H16N2O4. The lowest BCUT2D eigenvalue weighted by Crippen LogP contribution is -2.29. The first-order valence-corrected chi connectivity index (χ1v) is 7.47. The Hall–Kier alpha value is -3.15. The fourth-order valence-corrected chi connectivity index (χ4v) is 2.50. The molecule has 2 aromatic carbocycles. The van der Waals surface area contributed by atoms with Crippen LogP contribution >= 0.6 is 0 Å². The lowest BCUT2D eigenvalue weighted by atomic mass is 10.1. The summed E-state index contributed by atoms with van der Waals surface area (Å²) < 4.78 is 5.80. The van der Waals surface area contributed by atoms with E-state index >= 15 is 0 Å². The maximum absolute atomic E-state index is 12.6. The number of nitro groups is 1. The van der Waals surface area contributed by atoms with Gasteiger partial charge in [0, 0.05) is 30.1 Å². The lowest BCUT2D eigenvalue weighted by molar-refractivity contribution is -0.384. The van der Waals surface area contributed by atoms with Gasteiger partial charge in [-0.25, -0.2) is 0 Å². The van der Waals surface area contributed by atoms with Gasteiger partial charge in [0.25, 0.3) is 11.6 Å². The molecule has 0 radical (unpaired) electrons. The molecule has 24 heavy (non-hydrogen) atoms. The Labute approximate surface area is 138 Å². The molecule has 1 heterocycles. The number of rotatable bonds is 4. The van der Waals surface area contributed by atoms with Crippen molar-refractivity contribution >= 4 is 22.6 Å². The van der Waals surface area contributed by atoms with Crippen molar-refractivity contribution in [1.29, 1.82) is 0 Å². The van der Waals surface area contributed by atoms with Crippen molar-refractivity contribution in [2.24, 2.45) is 0 Å². The maximum Gasteiger partial charge on any atom is 0.269 e. The first kappa shape index (κ1) is 15.7. The highest BCUT2D eigenvalue weighted by molar-refractivity contribution is 5.94. The molecule has 6 nitrogen and oxygen atoms in total. The topological polar surface area (TPSA) is 76.6 Å². The molecule has 0 aliphatic heterocycles. The number of nitro benzene ring substituents is 1. The number of para-hydroxylation sites is 1. The summed E-state index contributed by atoms with van der Waals surface area (Å²) in [6, 6.07) is 14.9. The van der Waals surface area contributed by atoms with E-state index in [4.69, 9.17) is 4.42 Å². The number of non-ortho nitro benzene ring substituents is 1. The van der Waals surface area contributed by atoms with E-state index in [1.165, 1.54) is 24.3 Å². The van der Waals surface area contributed by atoms with Gasteiger partial charge in [-0.1, -0.05) is 18.2 Å². The third-order valence-corrected chi connectivity index (χ3v) is 4.08. The van der Waals surface area contributed by atoms with Crippen LogP contribution in [0, 0.1) is 10.1 Å². The number of furan rings is 1. The number of hydrogen-bond acceptors (Lipinski definition) is 4. The minimum atomic E-state index is -0.491. The van der Waals surface area contributed by atoms with Crippen LogP contribution in [0.25, 0.3) is 11.0 Å². The van der Waals surface area contributed by atoms with E-state index in [1.807, 2.05) is 37.3 Å². The average Bonchev–Trinajstić information content (AvgIpc) is 3.04. The van der Waals surface area contributed by atoms with Crippen LogP contribution in [0.2, 0.25) is 0 Å². The van der Waals surface area contributed by atoms with Crippen LogP contribution in [0.15, 0.2) is 59.0 Å². The molecule has 1 aromatic heterocycles. The standard InChI is InChI=1S/C18H16N2O4/c1-12(17-11-14-5-3-4-6-16(14)24-17)19(2)18(21)13-7-9-15(10-8-13)20(22)23/h3-12H,1-2H3. The van der Waals surface area contributed by atoms with E-state index in [-0.39, 0.29) is 17.6 Å². The Morgan fingerprint density at radius 3 is 2.46 bits per heavy atom. The van der Waals surface area contributed by atoms with Crippen molar-refractivity contribution in [3.05, 3.63) is 76.0 Å². The summed E-state index contributed by atoms with van der Waals surface area (Å²) in [5, 5.41) is 11.7. The van der Waals surface area contributed by atoms with Crippen LogP contribution in [0.4, 0.5) is 5.69 Å². The number of hydrogen-bond donors (Lipinski definition) is 0. The van der Waals surface area contributed by atoms with Gasteiger partial charge in [-0.15, -0.1) is 0 Å². The van der Waals surface area contributed by atoms with Crippen molar-refractivity contribution < 1.29 is 14.1 Å². The number of fused-ring (bicyclic) bond motifs is 1. The van der Waals surface area contributed by atoms with Crippen molar-refractivity contribution in [2.75, 3.05) is 7.05 Å². The summed E-state index contributed by atoms with van der Waals surface area (Å²) in [6.07, 6.45) is 0. The van der Waals surface area contributed by atoms with Gasteiger partial charge in [-0.05, 0) is 31.2 Å². The Bertz CT molecular complexity index is 866. The van der Waals surface area contributed by atoms with Crippen LogP contribution < -0.4 is 0 Å². The Balaban J connectivity index is 1.82. The summed E-state index contributed by atoms with van der Waals surface area (Å²) in [7, 11) is 1.68. The number of amides is 1. The summed E-state index contributed by atoms with van der Waals surface area (Å²) in [5.74, 6) is 0.465. The third-order valence-electron chi connectivity index (χ3n) is 4.08. The number of carbonyl (C=O) groups excluding carboxylic acids is 1. The molecule has 0 aliphatic rings. The first-order valence-electron chi connectivity index (χ1n) is 7.47. The fraction of sp³-hybridized carbons (Fsp3) is 0.167. The molecule has 1 unspecified atom stereocenters. The van der Waals surface area contributed by atoms with Crippen LogP contribution in [-0.4, -0.2) is 22.8 Å². The zero-order valence-corrected chi connectivity index (χ0v) is 13.3. The Morgan fingerprint density at radius 1 is 1.17 bits per heavy atom. The van der Waals surface area contributed by atoms with E-state index in [2.05, 4.69) is 0 Å². The lowest BCUT2D eigenvalue weighted by Gasteiger charge is -2.23. The second-order valence-electron chi connectivity index (χ2n) is 5.58. The minimum Gasteiger partial charge on any atom is -0.459 e. The highest BCUT2D eigenvalue weighted by Crippen LogP contribution is 2.27. The van der Waals surface area contributed by atoms with Gasteiger partial charge in [0.1, 0.15) is 11.3 Å². The van der Waals surface area contributed by atoms with Crippen LogP contribution in [0.5, 0.6) is 0 Å². The van der Waals surface area contributed by atoms with Gasteiger partial charge in [0.15, 0.2) is 0 Å². The zero-order valence-electron chi connectivity index (χ0n) is 13.3. The summed E-state index contributed by atoms with van der Waals surface area (Å²) >= 11 is 0. The number of benzene rings is 2. The summed E-state index contributed by atoms with van der Waals surface area (Å²) in [6.45, 7) is 1.88.